The van der Waals surface area contributed by atoms with Gasteiger partial charge < -0.3 is 5.11 Å². The van der Waals surface area contributed by atoms with Gasteiger partial charge in [0.1, 0.15) is 0 Å². The van der Waals surface area contributed by atoms with Crippen molar-refractivity contribution in [3.8, 4) is 0 Å². The maximum atomic E-state index is 12.3. The van der Waals surface area contributed by atoms with Crippen molar-refractivity contribution in [3.63, 3.8) is 0 Å². The highest BCUT2D eigenvalue weighted by atomic mass is 32.2. The summed E-state index contributed by atoms with van der Waals surface area (Å²) in [4.78, 5) is 0.256. The van der Waals surface area contributed by atoms with Crippen LogP contribution in [0.1, 0.15) is 57.9 Å². The standard InChI is InChI=1S/C16H27NO3S/c1-4-7-15(12-18)17-21(19,20)16-10-8-14(9-11-16)13(5-2)6-3/h8-11,13,15,17-18H,4-7,12H2,1-3H3. The molecule has 0 saturated carbocycles. The first-order chi connectivity index (χ1) is 9.98. The molecule has 21 heavy (non-hydrogen) atoms. The highest BCUT2D eigenvalue weighted by Crippen LogP contribution is 2.24. The molecule has 0 bridgehead atoms. The zero-order valence-corrected chi connectivity index (χ0v) is 14.0. The van der Waals surface area contributed by atoms with Crippen molar-refractivity contribution in [1.82, 2.24) is 4.72 Å². The summed E-state index contributed by atoms with van der Waals surface area (Å²) in [5.41, 5.74) is 1.17. The monoisotopic (exact) mass is 313 g/mol. The molecule has 1 aromatic rings. The van der Waals surface area contributed by atoms with Gasteiger partial charge in [0.2, 0.25) is 10.0 Å². The average molecular weight is 313 g/mol. The smallest absolute Gasteiger partial charge is 0.240 e. The number of sulfonamides is 1. The van der Waals surface area contributed by atoms with Gasteiger partial charge in [-0.1, -0.05) is 39.3 Å². The molecule has 0 radical (unpaired) electrons. The molecule has 2 N–H and O–H groups in total. The minimum atomic E-state index is -3.56. The van der Waals surface area contributed by atoms with Gasteiger partial charge in [0.25, 0.3) is 0 Å². The minimum Gasteiger partial charge on any atom is -0.395 e. The van der Waals surface area contributed by atoms with Crippen molar-refractivity contribution in [1.29, 1.82) is 0 Å². The van der Waals surface area contributed by atoms with Gasteiger partial charge in [-0.25, -0.2) is 13.1 Å². The van der Waals surface area contributed by atoms with Crippen LogP contribution in [0.25, 0.3) is 0 Å². The number of nitrogens with one attached hydrogen (secondary N) is 1. The van der Waals surface area contributed by atoms with Crippen LogP contribution in [0.3, 0.4) is 0 Å². The number of rotatable bonds is 9. The maximum Gasteiger partial charge on any atom is 0.240 e. The van der Waals surface area contributed by atoms with Gasteiger partial charge in [0.15, 0.2) is 0 Å². The molecule has 1 aromatic carbocycles. The first-order valence-electron chi connectivity index (χ1n) is 7.71. The summed E-state index contributed by atoms with van der Waals surface area (Å²) < 4.78 is 27.1. The summed E-state index contributed by atoms with van der Waals surface area (Å²) >= 11 is 0. The van der Waals surface area contributed by atoms with E-state index < -0.39 is 16.1 Å². The fourth-order valence-electron chi connectivity index (χ4n) is 2.50. The molecule has 4 nitrogen and oxygen atoms in total. The number of benzene rings is 1. The lowest BCUT2D eigenvalue weighted by Crippen LogP contribution is -2.37. The Labute approximate surface area is 128 Å². The number of aliphatic hydroxyl groups excluding tert-OH is 1. The Hall–Kier alpha value is -0.910. The Morgan fingerprint density at radius 2 is 1.67 bits per heavy atom. The van der Waals surface area contributed by atoms with Crippen LogP contribution in [0.15, 0.2) is 29.2 Å². The van der Waals surface area contributed by atoms with Gasteiger partial charge in [-0.3, -0.25) is 0 Å². The molecule has 0 amide bonds. The summed E-state index contributed by atoms with van der Waals surface area (Å²) in [6.07, 6.45) is 3.54. The molecule has 1 atom stereocenters. The molecule has 0 aliphatic heterocycles. The molecule has 0 aromatic heterocycles. The normalized spacial score (nSPS) is 13.6. The summed E-state index contributed by atoms with van der Waals surface area (Å²) in [6.45, 7) is 6.05. The van der Waals surface area contributed by atoms with E-state index in [1.54, 1.807) is 12.1 Å². The Bertz CT molecular complexity index is 507. The molecule has 120 valence electrons. The van der Waals surface area contributed by atoms with Gasteiger partial charge in [-0.05, 0) is 42.9 Å². The lowest BCUT2D eigenvalue weighted by atomic mass is 9.94. The zero-order chi connectivity index (χ0) is 15.9. The van der Waals surface area contributed by atoms with E-state index in [0.29, 0.717) is 12.3 Å². The highest BCUT2D eigenvalue weighted by Gasteiger charge is 2.19. The predicted octanol–water partition coefficient (Wildman–Crippen LogP) is 3.03. The number of aliphatic hydroxyl groups is 1. The molecule has 0 fully saturated rings. The fraction of sp³-hybridized carbons (Fsp3) is 0.625. The third-order valence-electron chi connectivity index (χ3n) is 3.83. The van der Waals surface area contributed by atoms with E-state index in [2.05, 4.69) is 18.6 Å². The van der Waals surface area contributed by atoms with Crippen LogP contribution in [0, 0.1) is 0 Å². The molecule has 0 saturated heterocycles. The topological polar surface area (TPSA) is 66.4 Å². The first-order valence-corrected chi connectivity index (χ1v) is 9.19. The molecule has 0 aliphatic rings. The third-order valence-corrected chi connectivity index (χ3v) is 5.36. The van der Waals surface area contributed by atoms with Gasteiger partial charge >= 0.3 is 0 Å². The molecule has 0 heterocycles. The SMILES string of the molecule is CCCC(CO)NS(=O)(=O)c1ccc(C(CC)CC)cc1. The van der Waals surface area contributed by atoms with E-state index >= 15 is 0 Å². The molecule has 1 rings (SSSR count). The Kier molecular flexibility index (Phi) is 7.35. The van der Waals surface area contributed by atoms with Crippen LogP contribution in [0.4, 0.5) is 0 Å². The third kappa shape index (κ3) is 5.09. The number of hydrogen-bond donors (Lipinski definition) is 2. The summed E-state index contributed by atoms with van der Waals surface area (Å²) in [5.74, 6) is 0.472. The lowest BCUT2D eigenvalue weighted by molar-refractivity contribution is 0.250. The summed E-state index contributed by atoms with van der Waals surface area (Å²) in [6, 6.07) is 6.66. The van der Waals surface area contributed by atoms with Crippen molar-refractivity contribution in [2.24, 2.45) is 0 Å². The zero-order valence-electron chi connectivity index (χ0n) is 13.2. The molecule has 5 heteroatoms. The second-order valence-corrected chi connectivity index (χ2v) is 7.09. The molecule has 0 aliphatic carbocycles. The van der Waals surface area contributed by atoms with Crippen LogP contribution in [-0.4, -0.2) is 26.2 Å². The fourth-order valence-corrected chi connectivity index (χ4v) is 3.76. The minimum absolute atomic E-state index is 0.182. The Morgan fingerprint density at radius 1 is 1.10 bits per heavy atom. The van der Waals surface area contributed by atoms with Crippen LogP contribution in [0.5, 0.6) is 0 Å². The van der Waals surface area contributed by atoms with Gasteiger partial charge in [0.05, 0.1) is 11.5 Å². The van der Waals surface area contributed by atoms with E-state index in [1.807, 2.05) is 19.1 Å². The molecule has 1 unspecified atom stereocenters. The highest BCUT2D eigenvalue weighted by molar-refractivity contribution is 7.89. The quantitative estimate of drug-likeness (QED) is 0.736. The van der Waals surface area contributed by atoms with Crippen LogP contribution >= 0.6 is 0 Å². The molecular formula is C16H27NO3S. The second kappa shape index (κ2) is 8.51. The molecule has 0 spiro atoms. The first kappa shape index (κ1) is 18.1. The second-order valence-electron chi connectivity index (χ2n) is 5.37. The van der Waals surface area contributed by atoms with E-state index in [4.69, 9.17) is 0 Å². The van der Waals surface area contributed by atoms with Crippen molar-refractivity contribution >= 4 is 10.0 Å². The van der Waals surface area contributed by atoms with Crippen molar-refractivity contribution in [2.45, 2.75) is 63.3 Å². The predicted molar refractivity (Wildman–Crippen MR) is 85.9 cm³/mol. The largest absolute Gasteiger partial charge is 0.395 e. The Balaban J connectivity index is 2.89. The van der Waals surface area contributed by atoms with Crippen LogP contribution in [0.2, 0.25) is 0 Å². The van der Waals surface area contributed by atoms with E-state index in [1.165, 1.54) is 5.56 Å². The van der Waals surface area contributed by atoms with Crippen LogP contribution < -0.4 is 4.72 Å². The van der Waals surface area contributed by atoms with Gasteiger partial charge in [-0.2, -0.15) is 0 Å². The van der Waals surface area contributed by atoms with Gasteiger partial charge in [-0.15, -0.1) is 0 Å². The van der Waals surface area contributed by atoms with Crippen LogP contribution in [-0.2, 0) is 10.0 Å². The van der Waals surface area contributed by atoms with E-state index in [0.717, 1.165) is 19.3 Å². The Morgan fingerprint density at radius 3 is 2.10 bits per heavy atom. The van der Waals surface area contributed by atoms with Crippen molar-refractivity contribution in [2.75, 3.05) is 6.61 Å². The molecular weight excluding hydrogens is 286 g/mol. The van der Waals surface area contributed by atoms with Crippen molar-refractivity contribution in [3.05, 3.63) is 29.8 Å². The van der Waals surface area contributed by atoms with Gasteiger partial charge in [0, 0.05) is 6.04 Å². The number of hydrogen-bond acceptors (Lipinski definition) is 3. The average Bonchev–Trinajstić information content (AvgIpc) is 2.48. The summed E-state index contributed by atoms with van der Waals surface area (Å²) in [7, 11) is -3.56. The summed E-state index contributed by atoms with van der Waals surface area (Å²) in [5, 5.41) is 9.22. The maximum absolute atomic E-state index is 12.3. The van der Waals surface area contributed by atoms with E-state index in [9.17, 15) is 13.5 Å². The van der Waals surface area contributed by atoms with E-state index in [-0.39, 0.29) is 11.5 Å². The lowest BCUT2D eigenvalue weighted by Gasteiger charge is -2.17. The van der Waals surface area contributed by atoms with Crippen molar-refractivity contribution < 1.29 is 13.5 Å².